The molecular weight excluding hydrogens is 228 g/mol. The molecule has 15 heavy (non-hydrogen) atoms. The van der Waals surface area contributed by atoms with Gasteiger partial charge in [0.25, 0.3) is 0 Å². The van der Waals surface area contributed by atoms with Crippen LogP contribution in [-0.4, -0.2) is 34.0 Å². The van der Waals surface area contributed by atoms with Crippen molar-refractivity contribution in [3.05, 3.63) is 11.1 Å². The summed E-state index contributed by atoms with van der Waals surface area (Å²) in [6, 6.07) is 0. The minimum atomic E-state index is 0.749. The number of nitrogens with two attached hydrogens (primary N) is 1. The molecule has 1 atom stereocenters. The van der Waals surface area contributed by atoms with Crippen molar-refractivity contribution in [3.8, 4) is 0 Å². The van der Waals surface area contributed by atoms with Gasteiger partial charge in [-0.05, 0) is 0 Å². The Balaban J connectivity index is 1.90. The lowest BCUT2D eigenvalue weighted by atomic mass is 10.3. The SMILES string of the molecule is CC1CN(Cc2cnc(NN)s2)CCS1. The van der Waals surface area contributed by atoms with E-state index < -0.39 is 0 Å². The predicted octanol–water partition coefficient (Wildman–Crippen LogP) is 1.37. The lowest BCUT2D eigenvalue weighted by Gasteiger charge is -2.29. The van der Waals surface area contributed by atoms with E-state index in [1.54, 1.807) is 11.3 Å². The van der Waals surface area contributed by atoms with Crippen LogP contribution in [0.3, 0.4) is 0 Å². The molecular formula is C9H16N4S2. The van der Waals surface area contributed by atoms with Gasteiger partial charge in [0.05, 0.1) is 0 Å². The zero-order valence-corrected chi connectivity index (χ0v) is 10.4. The number of thioether (sulfide) groups is 1. The molecule has 84 valence electrons. The van der Waals surface area contributed by atoms with E-state index in [0.717, 1.165) is 16.9 Å². The molecule has 1 aromatic heterocycles. The number of nitrogens with one attached hydrogen (secondary N) is 1. The molecule has 1 aliphatic rings. The molecule has 4 nitrogen and oxygen atoms in total. The van der Waals surface area contributed by atoms with Gasteiger partial charge in [0, 0.05) is 41.7 Å². The maximum Gasteiger partial charge on any atom is 0.197 e. The van der Waals surface area contributed by atoms with Crippen LogP contribution in [0.15, 0.2) is 6.20 Å². The van der Waals surface area contributed by atoms with Gasteiger partial charge in [-0.3, -0.25) is 10.3 Å². The highest BCUT2D eigenvalue weighted by atomic mass is 32.2. The maximum atomic E-state index is 5.30. The maximum absolute atomic E-state index is 5.30. The molecule has 1 saturated heterocycles. The lowest BCUT2D eigenvalue weighted by molar-refractivity contribution is 0.280. The Labute approximate surface area is 98.2 Å². The molecule has 2 heterocycles. The molecule has 0 bridgehead atoms. The second-order valence-corrected chi connectivity index (χ2v) is 6.35. The Morgan fingerprint density at radius 2 is 2.60 bits per heavy atom. The third kappa shape index (κ3) is 3.07. The van der Waals surface area contributed by atoms with Crippen molar-refractivity contribution in [2.45, 2.75) is 18.7 Å². The van der Waals surface area contributed by atoms with Crippen molar-refractivity contribution < 1.29 is 0 Å². The Bertz CT molecular complexity index is 315. The van der Waals surface area contributed by atoms with Crippen LogP contribution < -0.4 is 11.3 Å². The van der Waals surface area contributed by atoms with Crippen molar-refractivity contribution >= 4 is 28.2 Å². The normalized spacial score (nSPS) is 22.9. The molecule has 6 heteroatoms. The molecule has 1 unspecified atom stereocenters. The van der Waals surface area contributed by atoms with Crippen LogP contribution in [0, 0.1) is 0 Å². The van der Waals surface area contributed by atoms with Crippen molar-refractivity contribution in [1.82, 2.24) is 9.88 Å². The topological polar surface area (TPSA) is 54.2 Å². The highest BCUT2D eigenvalue weighted by molar-refractivity contribution is 7.99. The first-order valence-electron chi connectivity index (χ1n) is 5.03. The zero-order valence-electron chi connectivity index (χ0n) is 8.77. The van der Waals surface area contributed by atoms with Crippen molar-refractivity contribution in [1.29, 1.82) is 0 Å². The molecule has 0 amide bonds. The van der Waals surface area contributed by atoms with Crippen molar-refractivity contribution in [3.63, 3.8) is 0 Å². The van der Waals surface area contributed by atoms with Crippen molar-refractivity contribution in [2.24, 2.45) is 5.84 Å². The molecule has 0 spiro atoms. The average molecular weight is 244 g/mol. The van der Waals surface area contributed by atoms with Crippen LogP contribution in [0.4, 0.5) is 5.13 Å². The summed E-state index contributed by atoms with van der Waals surface area (Å²) in [5, 5.41) is 1.54. The quantitative estimate of drug-likeness (QED) is 0.621. The van der Waals surface area contributed by atoms with E-state index in [-0.39, 0.29) is 0 Å². The standard InChI is InChI=1S/C9H16N4S2/c1-7-5-13(2-3-14-7)6-8-4-11-9(12-10)15-8/h4,7H,2-3,5-6,10H2,1H3,(H,11,12). The Kier molecular flexibility index (Phi) is 3.85. The van der Waals surface area contributed by atoms with E-state index >= 15 is 0 Å². The molecule has 1 aliphatic heterocycles. The largest absolute Gasteiger partial charge is 0.300 e. The summed E-state index contributed by atoms with van der Waals surface area (Å²) in [5.41, 5.74) is 2.58. The Hall–Kier alpha value is -0.300. The van der Waals surface area contributed by atoms with E-state index in [0.29, 0.717) is 0 Å². The number of rotatable bonds is 3. The average Bonchev–Trinajstić information content (AvgIpc) is 2.65. The smallest absolute Gasteiger partial charge is 0.197 e. The van der Waals surface area contributed by atoms with Crippen LogP contribution in [0.2, 0.25) is 0 Å². The van der Waals surface area contributed by atoms with Gasteiger partial charge in [-0.2, -0.15) is 11.8 Å². The fourth-order valence-electron chi connectivity index (χ4n) is 1.70. The number of nitrogen functional groups attached to an aromatic ring is 1. The molecule has 0 aromatic carbocycles. The van der Waals surface area contributed by atoms with Gasteiger partial charge in [-0.1, -0.05) is 18.3 Å². The minimum absolute atomic E-state index is 0.749. The summed E-state index contributed by atoms with van der Waals surface area (Å²) in [7, 11) is 0. The molecule has 0 radical (unpaired) electrons. The Morgan fingerprint density at radius 3 is 3.27 bits per heavy atom. The third-order valence-corrected chi connectivity index (χ3v) is 4.43. The number of nitrogens with zero attached hydrogens (tertiary/aromatic N) is 2. The third-order valence-electron chi connectivity index (χ3n) is 2.38. The fraction of sp³-hybridized carbons (Fsp3) is 0.667. The van der Waals surface area contributed by atoms with E-state index in [9.17, 15) is 0 Å². The summed E-state index contributed by atoms with van der Waals surface area (Å²) in [6.07, 6.45) is 1.91. The molecule has 3 N–H and O–H groups in total. The van der Waals surface area contributed by atoms with Crippen molar-refractivity contribution in [2.75, 3.05) is 24.3 Å². The summed E-state index contributed by atoms with van der Waals surface area (Å²) in [6.45, 7) is 5.65. The van der Waals surface area contributed by atoms with Gasteiger partial charge in [0.15, 0.2) is 5.13 Å². The number of hydrogen-bond donors (Lipinski definition) is 2. The van der Waals surface area contributed by atoms with E-state index in [1.807, 2.05) is 6.20 Å². The van der Waals surface area contributed by atoms with Crippen LogP contribution in [0.1, 0.15) is 11.8 Å². The molecule has 1 aromatic rings. The van der Waals surface area contributed by atoms with Gasteiger partial charge in [-0.15, -0.1) is 0 Å². The van der Waals surface area contributed by atoms with Crippen LogP contribution >= 0.6 is 23.1 Å². The van der Waals surface area contributed by atoms with Crippen LogP contribution in [0.25, 0.3) is 0 Å². The number of thiazole rings is 1. The molecule has 2 rings (SSSR count). The summed E-state index contributed by atoms with van der Waals surface area (Å²) in [4.78, 5) is 7.93. The minimum Gasteiger partial charge on any atom is -0.300 e. The van der Waals surface area contributed by atoms with E-state index in [4.69, 9.17) is 5.84 Å². The highest BCUT2D eigenvalue weighted by Gasteiger charge is 2.17. The zero-order chi connectivity index (χ0) is 10.7. The number of hydrogen-bond acceptors (Lipinski definition) is 6. The second kappa shape index (κ2) is 5.16. The summed E-state index contributed by atoms with van der Waals surface area (Å²) in [5.74, 6) is 6.54. The van der Waals surface area contributed by atoms with Gasteiger partial charge < -0.3 is 0 Å². The lowest BCUT2D eigenvalue weighted by Crippen LogP contribution is -2.35. The van der Waals surface area contributed by atoms with Gasteiger partial charge in [0.2, 0.25) is 0 Å². The number of hydrazine groups is 1. The molecule has 0 aliphatic carbocycles. The van der Waals surface area contributed by atoms with Gasteiger partial charge in [-0.25, -0.2) is 10.8 Å². The number of aromatic nitrogens is 1. The predicted molar refractivity (Wildman–Crippen MR) is 67.1 cm³/mol. The highest BCUT2D eigenvalue weighted by Crippen LogP contribution is 2.22. The number of anilines is 1. The fourth-order valence-corrected chi connectivity index (χ4v) is 3.55. The van der Waals surface area contributed by atoms with Crippen LogP contribution in [0.5, 0.6) is 0 Å². The summed E-state index contributed by atoms with van der Waals surface area (Å²) >= 11 is 3.69. The van der Waals surface area contributed by atoms with E-state index in [2.05, 4.69) is 34.0 Å². The molecule has 1 fully saturated rings. The second-order valence-electron chi connectivity index (χ2n) is 3.69. The first-order valence-corrected chi connectivity index (χ1v) is 6.89. The molecule has 0 saturated carbocycles. The van der Waals surface area contributed by atoms with Gasteiger partial charge in [0.1, 0.15) is 0 Å². The van der Waals surface area contributed by atoms with Gasteiger partial charge >= 0.3 is 0 Å². The van der Waals surface area contributed by atoms with Crippen LogP contribution in [-0.2, 0) is 6.54 Å². The van der Waals surface area contributed by atoms with E-state index in [1.165, 1.54) is 23.7 Å². The first kappa shape index (κ1) is 11.2. The first-order chi connectivity index (χ1) is 7.28. The summed E-state index contributed by atoms with van der Waals surface area (Å²) < 4.78 is 0. The Morgan fingerprint density at radius 1 is 1.73 bits per heavy atom. The monoisotopic (exact) mass is 244 g/mol.